The van der Waals surface area contributed by atoms with E-state index in [0.29, 0.717) is 4.91 Å². The van der Waals surface area contributed by atoms with E-state index in [1.807, 2.05) is 31.2 Å². The van der Waals surface area contributed by atoms with Crippen LogP contribution in [0.15, 0.2) is 47.8 Å². The van der Waals surface area contributed by atoms with Gasteiger partial charge in [0.1, 0.15) is 5.69 Å². The van der Waals surface area contributed by atoms with E-state index in [1.54, 1.807) is 6.08 Å². The molecule has 8 heteroatoms. The highest BCUT2D eigenvalue weighted by Crippen LogP contribution is 2.31. The van der Waals surface area contributed by atoms with Crippen LogP contribution in [-0.4, -0.2) is 45.0 Å². The summed E-state index contributed by atoms with van der Waals surface area (Å²) in [4.78, 5) is 45.6. The first-order chi connectivity index (χ1) is 12.5. The van der Waals surface area contributed by atoms with Crippen molar-refractivity contribution in [2.24, 2.45) is 0 Å². The molecule has 1 aromatic carbocycles. The van der Waals surface area contributed by atoms with Gasteiger partial charge in [-0.2, -0.15) is 0 Å². The summed E-state index contributed by atoms with van der Waals surface area (Å²) in [5, 5.41) is 2.28. The molecule has 2 aromatic rings. The van der Waals surface area contributed by atoms with E-state index in [2.05, 4.69) is 15.3 Å². The number of thioether (sulfide) groups is 1. The third kappa shape index (κ3) is 4.15. The van der Waals surface area contributed by atoms with E-state index >= 15 is 0 Å². The first-order valence-corrected chi connectivity index (χ1v) is 8.72. The fraction of sp³-hybridized carbons (Fsp3) is 0.167. The van der Waals surface area contributed by atoms with Crippen LogP contribution in [0.2, 0.25) is 0 Å². The molecule has 1 aliphatic rings. The minimum absolute atomic E-state index is 0.0991. The van der Waals surface area contributed by atoms with Crippen molar-refractivity contribution in [3.05, 3.63) is 64.6 Å². The monoisotopic (exact) mass is 368 g/mol. The molecule has 1 N–H and O–H groups in total. The SMILES string of the molecule is Cc1ccc(/C=C2\SC(=O)N(CCNC(=O)c3cnccn3)C2=O)cc1. The molecule has 3 amide bonds. The van der Waals surface area contributed by atoms with Crippen LogP contribution in [0.1, 0.15) is 21.6 Å². The summed E-state index contributed by atoms with van der Waals surface area (Å²) in [6.45, 7) is 2.22. The predicted molar refractivity (Wildman–Crippen MR) is 98.2 cm³/mol. The Hall–Kier alpha value is -3.00. The molecule has 1 fully saturated rings. The van der Waals surface area contributed by atoms with Crippen LogP contribution in [0.5, 0.6) is 0 Å². The van der Waals surface area contributed by atoms with Gasteiger partial charge in [0.2, 0.25) is 0 Å². The van der Waals surface area contributed by atoms with Crippen LogP contribution < -0.4 is 5.32 Å². The summed E-state index contributed by atoms with van der Waals surface area (Å²) in [5.74, 6) is -0.755. The van der Waals surface area contributed by atoms with E-state index in [4.69, 9.17) is 0 Å². The average Bonchev–Trinajstić information content (AvgIpc) is 2.91. The summed E-state index contributed by atoms with van der Waals surface area (Å²) in [6.07, 6.45) is 5.93. The van der Waals surface area contributed by atoms with Gasteiger partial charge in [0, 0.05) is 25.5 Å². The van der Waals surface area contributed by atoms with Crippen molar-refractivity contribution in [3.63, 3.8) is 0 Å². The van der Waals surface area contributed by atoms with Crippen molar-refractivity contribution < 1.29 is 14.4 Å². The molecule has 0 bridgehead atoms. The largest absolute Gasteiger partial charge is 0.349 e. The highest BCUT2D eigenvalue weighted by atomic mass is 32.2. The van der Waals surface area contributed by atoms with E-state index in [-0.39, 0.29) is 29.9 Å². The molecule has 26 heavy (non-hydrogen) atoms. The van der Waals surface area contributed by atoms with Crippen LogP contribution in [0, 0.1) is 6.92 Å². The molecule has 0 saturated carbocycles. The van der Waals surface area contributed by atoms with Gasteiger partial charge in [-0.25, -0.2) is 4.98 Å². The summed E-state index contributed by atoms with van der Waals surface area (Å²) < 4.78 is 0. The first kappa shape index (κ1) is 17.8. The Balaban J connectivity index is 1.59. The molecule has 3 rings (SSSR count). The second-order valence-corrected chi connectivity index (χ2v) is 6.58. The van der Waals surface area contributed by atoms with E-state index in [9.17, 15) is 14.4 Å². The third-order valence-corrected chi connectivity index (χ3v) is 4.57. The number of carbonyl (C=O) groups is 3. The fourth-order valence-electron chi connectivity index (χ4n) is 2.29. The molecule has 0 atom stereocenters. The Morgan fingerprint density at radius 1 is 1.23 bits per heavy atom. The molecule has 1 aromatic heterocycles. The Morgan fingerprint density at radius 2 is 2.00 bits per heavy atom. The third-order valence-electron chi connectivity index (χ3n) is 3.67. The number of hydrogen-bond donors (Lipinski definition) is 1. The lowest BCUT2D eigenvalue weighted by Gasteiger charge is -2.12. The molecule has 7 nitrogen and oxygen atoms in total. The number of amides is 3. The second kappa shape index (κ2) is 7.92. The van der Waals surface area contributed by atoms with Crippen molar-refractivity contribution in [2.45, 2.75) is 6.92 Å². The van der Waals surface area contributed by atoms with Gasteiger partial charge in [-0.05, 0) is 30.3 Å². The smallest absolute Gasteiger partial charge is 0.293 e. The molecular formula is C18H16N4O3S. The summed E-state index contributed by atoms with van der Waals surface area (Å²) in [7, 11) is 0. The second-order valence-electron chi connectivity index (χ2n) is 5.59. The van der Waals surface area contributed by atoms with Gasteiger partial charge < -0.3 is 5.32 Å². The summed E-state index contributed by atoms with van der Waals surface area (Å²) in [6, 6.07) is 7.67. The number of aryl methyl sites for hydroxylation is 1. The maximum absolute atomic E-state index is 12.4. The van der Waals surface area contributed by atoms with Crippen molar-refractivity contribution in [1.82, 2.24) is 20.2 Å². The zero-order chi connectivity index (χ0) is 18.5. The lowest BCUT2D eigenvalue weighted by Crippen LogP contribution is -2.37. The normalized spacial score (nSPS) is 15.6. The summed E-state index contributed by atoms with van der Waals surface area (Å²) >= 11 is 0.900. The van der Waals surface area contributed by atoms with Crippen LogP contribution >= 0.6 is 11.8 Å². The molecule has 0 unspecified atom stereocenters. The number of aromatic nitrogens is 2. The minimum atomic E-state index is -0.403. The Bertz CT molecular complexity index is 866. The molecule has 1 saturated heterocycles. The fourth-order valence-corrected chi connectivity index (χ4v) is 3.16. The zero-order valence-electron chi connectivity index (χ0n) is 14.0. The quantitative estimate of drug-likeness (QED) is 0.814. The number of benzene rings is 1. The molecule has 0 radical (unpaired) electrons. The number of hydrogen-bond acceptors (Lipinski definition) is 6. The van der Waals surface area contributed by atoms with E-state index < -0.39 is 5.91 Å². The van der Waals surface area contributed by atoms with Crippen molar-refractivity contribution in [3.8, 4) is 0 Å². The topological polar surface area (TPSA) is 92.3 Å². The van der Waals surface area contributed by atoms with Gasteiger partial charge in [-0.3, -0.25) is 24.3 Å². The highest BCUT2D eigenvalue weighted by Gasteiger charge is 2.34. The number of carbonyl (C=O) groups excluding carboxylic acids is 3. The molecule has 0 spiro atoms. The maximum Gasteiger partial charge on any atom is 0.293 e. The standard InChI is InChI=1S/C18H16N4O3S/c1-12-2-4-13(5-3-12)10-15-17(24)22(18(25)26-15)9-8-21-16(23)14-11-19-6-7-20-14/h2-7,10-11H,8-9H2,1H3,(H,21,23)/b15-10-. The molecule has 0 aliphatic carbocycles. The van der Waals surface area contributed by atoms with Crippen LogP contribution in [0.25, 0.3) is 6.08 Å². The van der Waals surface area contributed by atoms with Crippen LogP contribution in [-0.2, 0) is 4.79 Å². The van der Waals surface area contributed by atoms with E-state index in [0.717, 1.165) is 27.8 Å². The Labute approximate surface area is 154 Å². The molecule has 1 aliphatic heterocycles. The maximum atomic E-state index is 12.4. The first-order valence-electron chi connectivity index (χ1n) is 7.91. The van der Waals surface area contributed by atoms with Gasteiger partial charge in [0.15, 0.2) is 0 Å². The van der Waals surface area contributed by atoms with Gasteiger partial charge in [0.25, 0.3) is 17.1 Å². The van der Waals surface area contributed by atoms with Gasteiger partial charge >= 0.3 is 0 Å². The lowest BCUT2D eigenvalue weighted by atomic mass is 10.1. The highest BCUT2D eigenvalue weighted by molar-refractivity contribution is 8.18. The van der Waals surface area contributed by atoms with Crippen LogP contribution in [0.3, 0.4) is 0 Å². The molecule has 132 valence electrons. The predicted octanol–water partition coefficient (Wildman–Crippen LogP) is 2.25. The Kier molecular flexibility index (Phi) is 5.43. The molecule has 2 heterocycles. The number of imide groups is 1. The summed E-state index contributed by atoms with van der Waals surface area (Å²) in [5.41, 5.74) is 2.16. The van der Waals surface area contributed by atoms with Crippen molar-refractivity contribution in [2.75, 3.05) is 13.1 Å². The van der Waals surface area contributed by atoms with Crippen molar-refractivity contribution >= 4 is 34.9 Å². The van der Waals surface area contributed by atoms with Crippen LogP contribution in [0.4, 0.5) is 4.79 Å². The number of nitrogens with zero attached hydrogens (tertiary/aromatic N) is 3. The molecular weight excluding hydrogens is 352 g/mol. The average molecular weight is 368 g/mol. The number of nitrogens with one attached hydrogen (secondary N) is 1. The van der Waals surface area contributed by atoms with Crippen molar-refractivity contribution in [1.29, 1.82) is 0 Å². The Morgan fingerprint density at radius 3 is 2.69 bits per heavy atom. The van der Waals surface area contributed by atoms with E-state index in [1.165, 1.54) is 18.6 Å². The van der Waals surface area contributed by atoms with Gasteiger partial charge in [0.05, 0.1) is 11.1 Å². The lowest BCUT2D eigenvalue weighted by molar-refractivity contribution is -0.122. The van der Waals surface area contributed by atoms with Gasteiger partial charge in [-0.1, -0.05) is 29.8 Å². The number of rotatable bonds is 5. The minimum Gasteiger partial charge on any atom is -0.349 e. The zero-order valence-corrected chi connectivity index (χ0v) is 14.8. The van der Waals surface area contributed by atoms with Gasteiger partial charge in [-0.15, -0.1) is 0 Å².